The number of nitrogens with zero attached hydrogens (tertiary/aromatic N) is 1. The Morgan fingerprint density at radius 3 is 2.64 bits per heavy atom. The molecule has 2 heterocycles. The number of benzene rings is 2. The first kappa shape index (κ1) is 21.4. The lowest BCUT2D eigenvalue weighted by molar-refractivity contribution is -0.142. The summed E-state index contributed by atoms with van der Waals surface area (Å²) >= 11 is 0. The van der Waals surface area contributed by atoms with Crippen LogP contribution in [0, 0.1) is 17.7 Å². The van der Waals surface area contributed by atoms with E-state index in [0.717, 1.165) is 48.3 Å². The first-order chi connectivity index (χ1) is 15.9. The Morgan fingerprint density at radius 2 is 1.94 bits per heavy atom. The van der Waals surface area contributed by atoms with E-state index < -0.39 is 17.7 Å². The molecule has 1 aliphatic carbocycles. The van der Waals surface area contributed by atoms with E-state index in [1.807, 2.05) is 12.1 Å². The summed E-state index contributed by atoms with van der Waals surface area (Å²) in [6.07, 6.45) is 5.12. The maximum atomic E-state index is 14.1. The van der Waals surface area contributed by atoms with Crippen molar-refractivity contribution >= 4 is 5.97 Å². The van der Waals surface area contributed by atoms with Crippen LogP contribution in [0.5, 0.6) is 11.5 Å². The van der Waals surface area contributed by atoms with Gasteiger partial charge in [-0.3, -0.25) is 9.78 Å². The lowest BCUT2D eigenvalue weighted by Gasteiger charge is -2.28. The average molecular weight is 448 g/mol. The van der Waals surface area contributed by atoms with E-state index in [-0.39, 0.29) is 17.8 Å². The van der Waals surface area contributed by atoms with Crippen LogP contribution in [-0.2, 0) is 11.2 Å². The zero-order valence-corrected chi connectivity index (χ0v) is 18.4. The number of pyridine rings is 1. The molecular weight excluding hydrogens is 421 g/mol. The molecule has 2 aliphatic rings. The van der Waals surface area contributed by atoms with Crippen molar-refractivity contribution in [3.63, 3.8) is 0 Å². The number of carboxylic acids is 1. The van der Waals surface area contributed by atoms with E-state index in [0.29, 0.717) is 17.0 Å². The van der Waals surface area contributed by atoms with Gasteiger partial charge >= 0.3 is 5.97 Å². The highest BCUT2D eigenvalue weighted by molar-refractivity contribution is 5.71. The van der Waals surface area contributed by atoms with E-state index in [2.05, 4.69) is 17.1 Å². The lowest BCUT2D eigenvalue weighted by Crippen LogP contribution is -2.21. The maximum absolute atomic E-state index is 14.1. The largest absolute Gasteiger partial charge is 0.508 e. The minimum atomic E-state index is -0.768. The van der Waals surface area contributed by atoms with Crippen molar-refractivity contribution in [1.29, 1.82) is 0 Å². The zero-order valence-electron chi connectivity index (χ0n) is 18.4. The van der Waals surface area contributed by atoms with Crippen LogP contribution < -0.4 is 4.74 Å². The Labute approximate surface area is 191 Å². The predicted octanol–water partition coefficient (Wildman–Crippen LogP) is 5.87. The van der Waals surface area contributed by atoms with Gasteiger partial charge in [-0.1, -0.05) is 25.1 Å². The molecule has 33 heavy (non-hydrogen) atoms. The van der Waals surface area contributed by atoms with Gasteiger partial charge in [-0.2, -0.15) is 0 Å². The number of hydrogen-bond donors (Lipinski definition) is 2. The van der Waals surface area contributed by atoms with Crippen molar-refractivity contribution in [3.05, 3.63) is 77.4 Å². The molecule has 0 radical (unpaired) electrons. The Bertz CT molecular complexity index is 1190. The number of carbonyl (C=O) groups is 1. The van der Waals surface area contributed by atoms with Crippen LogP contribution in [0.15, 0.2) is 54.7 Å². The number of hydrogen-bond acceptors (Lipinski definition) is 4. The maximum Gasteiger partial charge on any atom is 0.306 e. The van der Waals surface area contributed by atoms with Crippen LogP contribution in [0.2, 0.25) is 0 Å². The molecule has 1 unspecified atom stereocenters. The predicted molar refractivity (Wildman–Crippen MR) is 122 cm³/mol. The third-order valence-corrected chi connectivity index (χ3v) is 6.86. The fraction of sp³-hybridized carbons (Fsp3) is 0.333. The number of phenols is 1. The molecule has 6 heteroatoms. The second-order valence-corrected chi connectivity index (χ2v) is 9.14. The number of aliphatic carboxylic acids is 1. The summed E-state index contributed by atoms with van der Waals surface area (Å²) in [7, 11) is 0. The molecule has 1 saturated carbocycles. The number of halogens is 1. The molecule has 0 bridgehead atoms. The van der Waals surface area contributed by atoms with Crippen molar-refractivity contribution in [1.82, 2.24) is 4.98 Å². The summed E-state index contributed by atoms with van der Waals surface area (Å²) < 4.78 is 20.5. The SMILES string of the molecule is C[C@H](C(=O)O)[C@H](c1ccc2c(c1)OC(c1ccc(-c3cc(O)ccc3F)cn1)CC2)C1CC1. The first-order valence-electron chi connectivity index (χ1n) is 11.4. The third kappa shape index (κ3) is 4.30. The first-order valence-corrected chi connectivity index (χ1v) is 11.4. The molecule has 0 saturated heterocycles. The topological polar surface area (TPSA) is 79.7 Å². The van der Waals surface area contributed by atoms with E-state index in [9.17, 15) is 19.4 Å². The molecule has 5 rings (SSSR count). The van der Waals surface area contributed by atoms with Gasteiger partial charge in [0.15, 0.2) is 0 Å². The van der Waals surface area contributed by atoms with Crippen molar-refractivity contribution < 1.29 is 24.1 Å². The van der Waals surface area contributed by atoms with Gasteiger partial charge < -0.3 is 14.9 Å². The second-order valence-electron chi connectivity index (χ2n) is 9.14. The number of phenolic OH excluding ortho intramolecular Hbond substituents is 1. The van der Waals surface area contributed by atoms with Crippen LogP contribution >= 0.6 is 0 Å². The number of aryl methyl sites for hydroxylation is 1. The molecule has 2 N–H and O–H groups in total. The van der Waals surface area contributed by atoms with Gasteiger partial charge in [-0.25, -0.2) is 4.39 Å². The summed E-state index contributed by atoms with van der Waals surface area (Å²) in [5.74, 6) is -0.430. The van der Waals surface area contributed by atoms with Crippen LogP contribution in [0.1, 0.15) is 55.0 Å². The number of rotatable bonds is 6. The standard InChI is InChI=1S/C27H26FNO4/c1-15(27(31)32)26(17-3-4-17)18-5-2-16-7-11-24(33-25(16)12-18)23-10-6-19(14-29-23)21-13-20(30)8-9-22(21)28/h2,5-6,8-10,12-15,17,24,26,30H,3-4,7,11H2,1H3,(H,31,32)/t15-,24?,26-/m0/s1. The van der Waals surface area contributed by atoms with E-state index in [1.165, 1.54) is 18.2 Å². The van der Waals surface area contributed by atoms with Crippen molar-refractivity contribution in [2.45, 2.75) is 44.6 Å². The molecular formula is C27H26FNO4. The lowest BCUT2D eigenvalue weighted by atomic mass is 9.82. The molecule has 0 amide bonds. The van der Waals surface area contributed by atoms with Crippen molar-refractivity contribution in [2.75, 3.05) is 0 Å². The Morgan fingerprint density at radius 1 is 1.12 bits per heavy atom. The molecule has 1 fully saturated rings. The Hall–Kier alpha value is -3.41. The van der Waals surface area contributed by atoms with Gasteiger partial charge in [0.05, 0.1) is 11.6 Å². The number of aromatic hydroxyl groups is 1. The van der Waals surface area contributed by atoms with Crippen LogP contribution in [-0.4, -0.2) is 21.2 Å². The van der Waals surface area contributed by atoms with Gasteiger partial charge in [0.1, 0.15) is 23.4 Å². The number of fused-ring (bicyclic) bond motifs is 1. The highest BCUT2D eigenvalue weighted by Crippen LogP contribution is 2.48. The van der Waals surface area contributed by atoms with Crippen molar-refractivity contribution in [3.8, 4) is 22.6 Å². The van der Waals surface area contributed by atoms with Crippen LogP contribution in [0.4, 0.5) is 4.39 Å². The quantitative estimate of drug-likeness (QED) is 0.494. The Kier molecular flexibility index (Phi) is 5.52. The minimum Gasteiger partial charge on any atom is -0.508 e. The monoisotopic (exact) mass is 447 g/mol. The number of carboxylic acid groups (broad SMARTS) is 1. The van der Waals surface area contributed by atoms with Gasteiger partial charge in [0.2, 0.25) is 0 Å². The molecule has 5 nitrogen and oxygen atoms in total. The zero-order chi connectivity index (χ0) is 23.1. The fourth-order valence-corrected chi connectivity index (χ4v) is 4.87. The van der Waals surface area contributed by atoms with Gasteiger partial charge in [-0.15, -0.1) is 0 Å². The van der Waals surface area contributed by atoms with E-state index in [4.69, 9.17) is 4.74 Å². The summed E-state index contributed by atoms with van der Waals surface area (Å²) in [6.45, 7) is 1.79. The highest BCUT2D eigenvalue weighted by Gasteiger charge is 2.39. The van der Waals surface area contributed by atoms with Crippen LogP contribution in [0.25, 0.3) is 11.1 Å². The van der Waals surface area contributed by atoms with E-state index in [1.54, 1.807) is 19.2 Å². The number of aromatic nitrogens is 1. The summed E-state index contributed by atoms with van der Waals surface area (Å²) in [6, 6.07) is 13.7. The smallest absolute Gasteiger partial charge is 0.306 e. The average Bonchev–Trinajstić information content (AvgIpc) is 3.65. The third-order valence-electron chi connectivity index (χ3n) is 6.86. The van der Waals surface area contributed by atoms with Gasteiger partial charge in [0.25, 0.3) is 0 Å². The molecule has 1 aromatic heterocycles. The molecule has 0 spiro atoms. The van der Waals surface area contributed by atoms with Crippen molar-refractivity contribution in [2.24, 2.45) is 11.8 Å². The molecule has 1 aliphatic heterocycles. The number of ether oxygens (including phenoxy) is 1. The Balaban J connectivity index is 1.38. The molecule has 3 atom stereocenters. The molecule has 170 valence electrons. The molecule has 2 aromatic carbocycles. The van der Waals surface area contributed by atoms with Crippen LogP contribution in [0.3, 0.4) is 0 Å². The minimum absolute atomic E-state index is 0.000204. The normalized spacial score (nSPS) is 19.3. The molecule has 3 aromatic rings. The second kappa shape index (κ2) is 8.50. The van der Waals surface area contributed by atoms with E-state index >= 15 is 0 Å². The summed E-state index contributed by atoms with van der Waals surface area (Å²) in [5.41, 5.74) is 3.78. The van der Waals surface area contributed by atoms with Gasteiger partial charge in [0, 0.05) is 17.3 Å². The highest BCUT2D eigenvalue weighted by atomic mass is 19.1. The summed E-state index contributed by atoms with van der Waals surface area (Å²) in [5, 5.41) is 19.3. The fourth-order valence-electron chi connectivity index (χ4n) is 4.87. The van der Waals surface area contributed by atoms with Gasteiger partial charge in [-0.05, 0) is 79.0 Å². The summed E-state index contributed by atoms with van der Waals surface area (Å²) in [4.78, 5) is 16.2.